The minimum Gasteiger partial charge on any atom is -0.508 e. The van der Waals surface area contributed by atoms with Gasteiger partial charge in [-0.25, -0.2) is 9.97 Å². The van der Waals surface area contributed by atoms with Gasteiger partial charge in [0.15, 0.2) is 0 Å². The average molecular weight is 349 g/mol. The van der Waals surface area contributed by atoms with Crippen LogP contribution in [-0.4, -0.2) is 37.4 Å². The fourth-order valence-corrected chi connectivity index (χ4v) is 2.81. The molecule has 26 heavy (non-hydrogen) atoms. The zero-order valence-corrected chi connectivity index (χ0v) is 14.1. The summed E-state index contributed by atoms with van der Waals surface area (Å²) in [6, 6.07) is 8.24. The highest BCUT2D eigenvalue weighted by molar-refractivity contribution is 5.94. The number of nitrogens with zero attached hydrogens (tertiary/aromatic N) is 4. The Labute approximate surface area is 148 Å². The molecule has 0 saturated carbocycles. The highest BCUT2D eigenvalue weighted by Crippen LogP contribution is 2.30. The predicted octanol–water partition coefficient (Wildman–Crippen LogP) is 2.44. The van der Waals surface area contributed by atoms with E-state index in [1.807, 2.05) is 0 Å². The van der Waals surface area contributed by atoms with Gasteiger partial charge in [0.25, 0.3) is 5.91 Å². The second kappa shape index (κ2) is 5.99. The molecule has 8 heteroatoms. The zero-order valence-electron chi connectivity index (χ0n) is 14.1. The number of phenols is 1. The number of phenolic OH excluding ortho intramolecular Hbond substituents is 1. The first-order valence-corrected chi connectivity index (χ1v) is 7.89. The quantitative estimate of drug-likeness (QED) is 0.589. The largest absolute Gasteiger partial charge is 0.508 e. The summed E-state index contributed by atoms with van der Waals surface area (Å²) in [7, 11) is 1.57. The van der Waals surface area contributed by atoms with Gasteiger partial charge < -0.3 is 15.2 Å². The molecule has 3 heterocycles. The summed E-state index contributed by atoms with van der Waals surface area (Å²) in [4.78, 5) is 24.9. The summed E-state index contributed by atoms with van der Waals surface area (Å²) in [5, 5.41) is 12.9. The second-order valence-corrected chi connectivity index (χ2v) is 5.69. The third kappa shape index (κ3) is 2.57. The van der Waals surface area contributed by atoms with Crippen LogP contribution in [0.3, 0.4) is 0 Å². The number of aryl methyl sites for hydroxylation is 1. The molecule has 0 saturated heterocycles. The zero-order chi connectivity index (χ0) is 18.3. The summed E-state index contributed by atoms with van der Waals surface area (Å²) < 4.78 is 7.50. The van der Waals surface area contributed by atoms with E-state index >= 15 is 0 Å². The van der Waals surface area contributed by atoms with Gasteiger partial charge in [-0.05, 0) is 25.1 Å². The molecule has 4 rings (SSSR count). The third-order valence-corrected chi connectivity index (χ3v) is 4.01. The minimum atomic E-state index is -0.231. The lowest BCUT2D eigenvalue weighted by Gasteiger charge is -2.08. The molecular weight excluding hydrogens is 334 g/mol. The molecule has 0 unspecified atom stereocenters. The Bertz CT molecular complexity index is 1150. The van der Waals surface area contributed by atoms with Gasteiger partial charge in [-0.2, -0.15) is 0 Å². The van der Waals surface area contributed by atoms with Gasteiger partial charge in [-0.1, -0.05) is 0 Å². The maximum absolute atomic E-state index is 12.0. The van der Waals surface area contributed by atoms with E-state index in [4.69, 9.17) is 4.74 Å². The van der Waals surface area contributed by atoms with Crippen LogP contribution in [0.2, 0.25) is 0 Å². The maximum atomic E-state index is 12.0. The van der Waals surface area contributed by atoms with E-state index in [1.54, 1.807) is 54.9 Å². The number of nitrogens with one attached hydrogen (secondary N) is 1. The molecule has 0 radical (unpaired) electrons. The van der Waals surface area contributed by atoms with Crippen molar-refractivity contribution in [3.05, 3.63) is 54.2 Å². The number of pyridine rings is 1. The first kappa shape index (κ1) is 15.8. The van der Waals surface area contributed by atoms with E-state index in [1.165, 1.54) is 6.33 Å². The average Bonchev–Trinajstić information content (AvgIpc) is 2.96. The molecule has 1 aromatic carbocycles. The van der Waals surface area contributed by atoms with Crippen molar-refractivity contribution in [2.24, 2.45) is 0 Å². The molecule has 8 nitrogen and oxygen atoms in total. The van der Waals surface area contributed by atoms with Crippen LogP contribution < -0.4 is 10.1 Å². The molecule has 0 atom stereocenters. The van der Waals surface area contributed by atoms with Crippen LogP contribution in [0.15, 0.2) is 42.9 Å². The van der Waals surface area contributed by atoms with Crippen molar-refractivity contribution in [3.63, 3.8) is 0 Å². The fourth-order valence-electron chi connectivity index (χ4n) is 2.81. The molecule has 0 aliphatic carbocycles. The Balaban J connectivity index is 1.76. The topological polar surface area (TPSA) is 102 Å². The van der Waals surface area contributed by atoms with Crippen molar-refractivity contribution in [1.29, 1.82) is 0 Å². The molecule has 0 fully saturated rings. The highest BCUT2D eigenvalue weighted by Gasteiger charge is 2.16. The molecule has 0 spiro atoms. The van der Waals surface area contributed by atoms with Crippen molar-refractivity contribution in [2.75, 3.05) is 7.05 Å². The van der Waals surface area contributed by atoms with Crippen molar-refractivity contribution in [1.82, 2.24) is 24.7 Å². The van der Waals surface area contributed by atoms with Crippen molar-refractivity contribution in [2.45, 2.75) is 6.92 Å². The molecule has 2 N–H and O–H groups in total. The van der Waals surface area contributed by atoms with Gasteiger partial charge in [-0.3, -0.25) is 14.2 Å². The van der Waals surface area contributed by atoms with Crippen LogP contribution in [0.5, 0.6) is 17.4 Å². The number of hydrogen-bond donors (Lipinski definition) is 2. The summed E-state index contributed by atoms with van der Waals surface area (Å²) >= 11 is 0. The summed E-state index contributed by atoms with van der Waals surface area (Å²) in [5.74, 6) is 0.801. The number of aromatic hydroxyl groups is 1. The van der Waals surface area contributed by atoms with Crippen molar-refractivity contribution in [3.8, 4) is 17.4 Å². The highest BCUT2D eigenvalue weighted by atomic mass is 16.5. The number of benzene rings is 1. The normalized spacial score (nSPS) is 11.0. The van der Waals surface area contributed by atoms with E-state index in [9.17, 15) is 9.90 Å². The van der Waals surface area contributed by atoms with Crippen LogP contribution in [0.25, 0.3) is 16.6 Å². The van der Waals surface area contributed by atoms with Crippen LogP contribution in [0.1, 0.15) is 16.2 Å². The Morgan fingerprint density at radius 3 is 2.88 bits per heavy atom. The lowest BCUT2D eigenvalue weighted by Crippen LogP contribution is -2.20. The van der Waals surface area contributed by atoms with Gasteiger partial charge in [0, 0.05) is 30.8 Å². The summed E-state index contributed by atoms with van der Waals surface area (Å²) in [6.07, 6.45) is 3.10. The Morgan fingerprint density at radius 1 is 1.23 bits per heavy atom. The lowest BCUT2D eigenvalue weighted by atomic mass is 10.2. The van der Waals surface area contributed by atoms with Crippen LogP contribution in [0, 0.1) is 6.92 Å². The van der Waals surface area contributed by atoms with Crippen LogP contribution in [0.4, 0.5) is 0 Å². The summed E-state index contributed by atoms with van der Waals surface area (Å²) in [6.45, 7) is 1.76. The lowest BCUT2D eigenvalue weighted by molar-refractivity contribution is 0.0956. The Hall–Kier alpha value is -3.68. The molecule has 0 aliphatic heterocycles. The number of imidazole rings is 1. The number of aromatic nitrogens is 4. The van der Waals surface area contributed by atoms with E-state index < -0.39 is 0 Å². The van der Waals surface area contributed by atoms with E-state index in [2.05, 4.69) is 20.3 Å². The van der Waals surface area contributed by atoms with Gasteiger partial charge in [0.2, 0.25) is 5.88 Å². The number of fused-ring (bicyclic) bond motifs is 2. The number of carbonyl (C=O) groups is 1. The molecular formula is C18H15N5O3. The minimum absolute atomic E-state index is 0.135. The van der Waals surface area contributed by atoms with E-state index in [0.29, 0.717) is 34.2 Å². The van der Waals surface area contributed by atoms with E-state index in [0.717, 1.165) is 5.39 Å². The van der Waals surface area contributed by atoms with Crippen LogP contribution >= 0.6 is 0 Å². The maximum Gasteiger partial charge on any atom is 0.269 e. The standard InChI is InChI=1S/C18H15N5O3/c1-10-17(18(25)19-2)23-9-21-16(8-15(23)22-10)26-14-5-6-20-13-7-11(24)3-4-12(13)14/h3-9,24H,1-2H3,(H,19,25). The van der Waals surface area contributed by atoms with Crippen molar-refractivity contribution >= 4 is 22.5 Å². The molecule has 3 aromatic heterocycles. The van der Waals surface area contributed by atoms with Gasteiger partial charge in [0.1, 0.15) is 29.2 Å². The third-order valence-electron chi connectivity index (χ3n) is 4.01. The Kier molecular flexibility index (Phi) is 3.65. The van der Waals surface area contributed by atoms with Gasteiger partial charge in [0.05, 0.1) is 11.2 Å². The summed E-state index contributed by atoms with van der Waals surface area (Å²) in [5.41, 5.74) is 2.21. The van der Waals surface area contributed by atoms with E-state index in [-0.39, 0.29) is 11.7 Å². The molecule has 130 valence electrons. The number of carbonyl (C=O) groups excluding carboxylic acids is 1. The number of amides is 1. The van der Waals surface area contributed by atoms with Crippen molar-refractivity contribution < 1.29 is 14.6 Å². The fraction of sp³-hybridized carbons (Fsp3) is 0.111. The Morgan fingerprint density at radius 2 is 2.08 bits per heavy atom. The predicted molar refractivity (Wildman–Crippen MR) is 94.6 cm³/mol. The molecule has 0 aliphatic rings. The number of hydrogen-bond acceptors (Lipinski definition) is 6. The molecule has 0 bridgehead atoms. The molecule has 1 amide bonds. The number of rotatable bonds is 3. The van der Waals surface area contributed by atoms with Gasteiger partial charge >= 0.3 is 0 Å². The number of ether oxygens (including phenoxy) is 1. The SMILES string of the molecule is CNC(=O)c1c(C)nc2cc(Oc3ccnc4cc(O)ccc34)ncn12. The van der Waals surface area contributed by atoms with Gasteiger partial charge in [-0.15, -0.1) is 0 Å². The molecule has 4 aromatic rings. The smallest absolute Gasteiger partial charge is 0.269 e. The first-order chi connectivity index (χ1) is 12.6. The second-order valence-electron chi connectivity index (χ2n) is 5.69. The monoisotopic (exact) mass is 349 g/mol. The first-order valence-electron chi connectivity index (χ1n) is 7.89. The van der Waals surface area contributed by atoms with Crippen LogP contribution in [-0.2, 0) is 0 Å².